The summed E-state index contributed by atoms with van der Waals surface area (Å²) in [5, 5.41) is 0. The van der Waals surface area contributed by atoms with Crippen LogP contribution >= 0.6 is 0 Å². The van der Waals surface area contributed by atoms with E-state index in [0.29, 0.717) is 0 Å². The van der Waals surface area contributed by atoms with Crippen molar-refractivity contribution in [1.29, 1.82) is 0 Å². The zero-order valence-corrected chi connectivity index (χ0v) is 11.4. The highest BCUT2D eigenvalue weighted by molar-refractivity contribution is 5.85. The molecule has 0 aliphatic heterocycles. The molecule has 0 N–H and O–H groups in total. The van der Waals surface area contributed by atoms with E-state index in [0.717, 1.165) is 24.7 Å². The number of hydrogen-bond donors (Lipinski definition) is 0. The minimum Gasteiger partial charge on any atom is -0.298 e. The van der Waals surface area contributed by atoms with Crippen molar-refractivity contribution < 1.29 is 4.79 Å². The first-order valence-electron chi connectivity index (χ1n) is 6.96. The van der Waals surface area contributed by atoms with E-state index in [1.165, 1.54) is 22.3 Å². The van der Waals surface area contributed by atoms with Crippen LogP contribution in [0, 0.1) is 0 Å². The van der Waals surface area contributed by atoms with Gasteiger partial charge in [0.1, 0.15) is 6.29 Å². The highest BCUT2D eigenvalue weighted by Gasteiger charge is 2.40. The first-order chi connectivity index (χ1) is 9.26. The zero-order chi connectivity index (χ0) is 13.5. The molecule has 0 heterocycles. The third-order valence-electron chi connectivity index (χ3n) is 4.64. The quantitative estimate of drug-likeness (QED) is 0.728. The molecule has 19 heavy (non-hydrogen) atoms. The van der Waals surface area contributed by atoms with Crippen LogP contribution in [-0.4, -0.2) is 6.29 Å². The Bertz CT molecular complexity index is 636. The molecule has 0 aromatic heterocycles. The molecule has 0 fully saturated rings. The van der Waals surface area contributed by atoms with E-state index in [1.807, 2.05) is 6.07 Å². The van der Waals surface area contributed by atoms with E-state index < -0.39 is 0 Å². The average Bonchev–Trinajstić information content (AvgIpc) is 2.77. The van der Waals surface area contributed by atoms with Crippen molar-refractivity contribution >= 4 is 6.29 Å². The maximum Gasteiger partial charge on any atom is 0.150 e. The first-order valence-corrected chi connectivity index (χ1v) is 6.96. The standard InChI is InChI=1S/C18H18O/c1-3-18(4-2)16-8-6-5-7-14(16)15-10-9-13(12-19)11-17(15)18/h5-12H,3-4H2,1-2H3. The van der Waals surface area contributed by atoms with Gasteiger partial charge in [-0.3, -0.25) is 4.79 Å². The van der Waals surface area contributed by atoms with Crippen molar-refractivity contribution in [3.05, 3.63) is 59.2 Å². The Morgan fingerprint density at radius 3 is 2.32 bits per heavy atom. The molecule has 0 radical (unpaired) electrons. The van der Waals surface area contributed by atoms with Crippen LogP contribution in [0.1, 0.15) is 48.2 Å². The zero-order valence-electron chi connectivity index (χ0n) is 11.4. The molecular weight excluding hydrogens is 232 g/mol. The van der Waals surface area contributed by atoms with E-state index in [2.05, 4.69) is 50.2 Å². The van der Waals surface area contributed by atoms with Gasteiger partial charge in [-0.2, -0.15) is 0 Å². The van der Waals surface area contributed by atoms with Crippen molar-refractivity contribution in [2.24, 2.45) is 0 Å². The van der Waals surface area contributed by atoms with Crippen molar-refractivity contribution in [2.45, 2.75) is 32.1 Å². The molecular formula is C18H18O. The van der Waals surface area contributed by atoms with E-state index in [4.69, 9.17) is 0 Å². The number of carbonyl (C=O) groups is 1. The summed E-state index contributed by atoms with van der Waals surface area (Å²) in [4.78, 5) is 11.1. The van der Waals surface area contributed by atoms with E-state index in [-0.39, 0.29) is 5.41 Å². The number of rotatable bonds is 3. The summed E-state index contributed by atoms with van der Waals surface area (Å²) in [6, 6.07) is 14.7. The molecule has 0 saturated heterocycles. The fourth-order valence-electron chi connectivity index (χ4n) is 3.56. The van der Waals surface area contributed by atoms with Crippen LogP contribution in [0.5, 0.6) is 0 Å². The van der Waals surface area contributed by atoms with E-state index in [1.54, 1.807) is 0 Å². The fourth-order valence-corrected chi connectivity index (χ4v) is 3.56. The summed E-state index contributed by atoms with van der Waals surface area (Å²) in [5.41, 5.74) is 6.22. The van der Waals surface area contributed by atoms with E-state index in [9.17, 15) is 4.79 Å². The van der Waals surface area contributed by atoms with Crippen LogP contribution in [0.25, 0.3) is 11.1 Å². The fraction of sp³-hybridized carbons (Fsp3) is 0.278. The predicted octanol–water partition coefficient (Wildman–Crippen LogP) is 4.59. The topological polar surface area (TPSA) is 17.1 Å². The van der Waals surface area contributed by atoms with Gasteiger partial charge in [0.05, 0.1) is 0 Å². The molecule has 1 heteroatoms. The van der Waals surface area contributed by atoms with Crippen LogP contribution in [0.2, 0.25) is 0 Å². The average molecular weight is 250 g/mol. The van der Waals surface area contributed by atoms with E-state index >= 15 is 0 Å². The van der Waals surface area contributed by atoms with Crippen LogP contribution in [-0.2, 0) is 5.41 Å². The molecule has 1 aliphatic rings. The Morgan fingerprint density at radius 1 is 0.947 bits per heavy atom. The first kappa shape index (κ1) is 12.2. The van der Waals surface area contributed by atoms with Crippen molar-refractivity contribution in [1.82, 2.24) is 0 Å². The third kappa shape index (κ3) is 1.51. The van der Waals surface area contributed by atoms with Gasteiger partial charge in [0, 0.05) is 11.0 Å². The summed E-state index contributed by atoms with van der Waals surface area (Å²) in [6.07, 6.45) is 3.07. The Balaban J connectivity index is 2.36. The van der Waals surface area contributed by atoms with Gasteiger partial charge in [0.25, 0.3) is 0 Å². The number of carbonyl (C=O) groups excluding carboxylic acids is 1. The van der Waals surface area contributed by atoms with Crippen LogP contribution in [0.4, 0.5) is 0 Å². The Labute approximate surface area is 114 Å². The lowest BCUT2D eigenvalue weighted by Crippen LogP contribution is -2.23. The second kappa shape index (κ2) is 4.34. The Kier molecular flexibility index (Phi) is 2.78. The molecule has 0 bridgehead atoms. The molecule has 3 rings (SSSR count). The molecule has 1 nitrogen and oxygen atoms in total. The van der Waals surface area contributed by atoms with Crippen LogP contribution < -0.4 is 0 Å². The van der Waals surface area contributed by atoms with Gasteiger partial charge in [0.15, 0.2) is 0 Å². The lowest BCUT2D eigenvalue weighted by Gasteiger charge is -2.29. The van der Waals surface area contributed by atoms with Gasteiger partial charge in [-0.15, -0.1) is 0 Å². The van der Waals surface area contributed by atoms with Gasteiger partial charge >= 0.3 is 0 Å². The molecule has 0 spiro atoms. The lowest BCUT2D eigenvalue weighted by atomic mass is 9.73. The third-order valence-corrected chi connectivity index (χ3v) is 4.64. The molecule has 1 aliphatic carbocycles. The number of aldehydes is 1. The monoisotopic (exact) mass is 250 g/mol. The van der Waals surface area contributed by atoms with Gasteiger partial charge in [-0.1, -0.05) is 50.2 Å². The van der Waals surface area contributed by atoms with Gasteiger partial charge in [-0.25, -0.2) is 0 Å². The maximum atomic E-state index is 11.1. The largest absolute Gasteiger partial charge is 0.298 e. The summed E-state index contributed by atoms with van der Waals surface area (Å²) in [5.74, 6) is 0. The predicted molar refractivity (Wildman–Crippen MR) is 78.6 cm³/mol. The van der Waals surface area contributed by atoms with Crippen LogP contribution in [0.15, 0.2) is 42.5 Å². The molecule has 2 aromatic carbocycles. The number of fused-ring (bicyclic) bond motifs is 3. The number of hydrogen-bond acceptors (Lipinski definition) is 1. The Hall–Kier alpha value is -1.89. The molecule has 96 valence electrons. The highest BCUT2D eigenvalue weighted by Crippen LogP contribution is 2.52. The lowest BCUT2D eigenvalue weighted by molar-refractivity contribution is 0.112. The van der Waals surface area contributed by atoms with Crippen LogP contribution in [0.3, 0.4) is 0 Å². The smallest absolute Gasteiger partial charge is 0.150 e. The minimum absolute atomic E-state index is 0.0744. The summed E-state index contributed by atoms with van der Waals surface area (Å²) in [6.45, 7) is 4.48. The summed E-state index contributed by atoms with van der Waals surface area (Å²) < 4.78 is 0. The molecule has 0 atom stereocenters. The molecule has 0 amide bonds. The maximum absolute atomic E-state index is 11.1. The van der Waals surface area contributed by atoms with Gasteiger partial charge in [-0.05, 0) is 41.2 Å². The minimum atomic E-state index is 0.0744. The van der Waals surface area contributed by atoms with Crippen molar-refractivity contribution in [3.8, 4) is 11.1 Å². The molecule has 0 saturated carbocycles. The van der Waals surface area contributed by atoms with Gasteiger partial charge in [0.2, 0.25) is 0 Å². The van der Waals surface area contributed by atoms with Gasteiger partial charge < -0.3 is 0 Å². The second-order valence-corrected chi connectivity index (χ2v) is 5.26. The highest BCUT2D eigenvalue weighted by atomic mass is 16.1. The van der Waals surface area contributed by atoms with Crippen molar-refractivity contribution in [2.75, 3.05) is 0 Å². The molecule has 2 aromatic rings. The SMILES string of the molecule is CCC1(CC)c2ccccc2-c2ccc(C=O)cc21. The normalized spacial score (nSPS) is 14.8. The second-order valence-electron chi connectivity index (χ2n) is 5.26. The molecule has 0 unspecified atom stereocenters. The van der Waals surface area contributed by atoms with Crippen molar-refractivity contribution in [3.63, 3.8) is 0 Å². The number of benzene rings is 2. The summed E-state index contributed by atoms with van der Waals surface area (Å²) in [7, 11) is 0. The summed E-state index contributed by atoms with van der Waals surface area (Å²) >= 11 is 0. The Morgan fingerprint density at radius 2 is 1.63 bits per heavy atom.